The Morgan fingerprint density at radius 2 is 2.05 bits per heavy atom. The van der Waals surface area contributed by atoms with Crippen molar-refractivity contribution in [2.75, 3.05) is 19.8 Å². The molecular formula is C17H29NO. The van der Waals surface area contributed by atoms with Gasteiger partial charge in [0.1, 0.15) is 0 Å². The summed E-state index contributed by atoms with van der Waals surface area (Å²) >= 11 is 0. The molecule has 0 saturated carbocycles. The molecule has 2 nitrogen and oxygen atoms in total. The van der Waals surface area contributed by atoms with E-state index in [1.165, 1.54) is 17.5 Å². The molecule has 2 heteroatoms. The summed E-state index contributed by atoms with van der Waals surface area (Å²) in [7, 11) is 0. The Kier molecular flexibility index (Phi) is 8.52. The zero-order valence-corrected chi connectivity index (χ0v) is 12.7. The number of aryl methyl sites for hydroxylation is 2. The van der Waals surface area contributed by atoms with E-state index < -0.39 is 0 Å². The summed E-state index contributed by atoms with van der Waals surface area (Å²) in [5.41, 5.74) is 2.77. The lowest BCUT2D eigenvalue weighted by Gasteiger charge is -2.18. The van der Waals surface area contributed by atoms with Crippen LogP contribution < -0.4 is 5.32 Å². The first kappa shape index (κ1) is 16.2. The fourth-order valence-corrected chi connectivity index (χ4v) is 2.17. The minimum Gasteiger partial charge on any atom is -0.380 e. The third kappa shape index (κ3) is 7.34. The summed E-state index contributed by atoms with van der Waals surface area (Å²) in [6.45, 7) is 9.29. The van der Waals surface area contributed by atoms with Crippen LogP contribution in [0.5, 0.6) is 0 Å². The number of hydrogen-bond donors (Lipinski definition) is 1. The van der Waals surface area contributed by atoms with Gasteiger partial charge in [0.25, 0.3) is 0 Å². The molecule has 1 unspecified atom stereocenters. The summed E-state index contributed by atoms with van der Waals surface area (Å²) < 4.78 is 5.69. The molecule has 1 N–H and O–H groups in total. The summed E-state index contributed by atoms with van der Waals surface area (Å²) in [4.78, 5) is 0. The van der Waals surface area contributed by atoms with Gasteiger partial charge >= 0.3 is 0 Å². The van der Waals surface area contributed by atoms with E-state index in [4.69, 9.17) is 4.74 Å². The first-order valence-electron chi connectivity index (χ1n) is 7.63. The smallest absolute Gasteiger partial charge is 0.0619 e. The van der Waals surface area contributed by atoms with E-state index in [0.717, 1.165) is 39.0 Å². The number of rotatable bonds is 10. The van der Waals surface area contributed by atoms with Crippen molar-refractivity contribution in [3.63, 3.8) is 0 Å². The van der Waals surface area contributed by atoms with Gasteiger partial charge in [-0.2, -0.15) is 0 Å². The maximum absolute atomic E-state index is 5.69. The summed E-state index contributed by atoms with van der Waals surface area (Å²) in [6, 6.07) is 9.28. The standard InChI is InChI=1S/C17H29NO/c1-4-11-18-17(14-19-12-5-2)10-9-16-8-6-7-15(3)13-16/h6-8,13,17-18H,4-5,9-12,14H2,1-3H3. The molecule has 0 fully saturated rings. The average Bonchev–Trinajstić information content (AvgIpc) is 2.41. The second-order valence-electron chi connectivity index (χ2n) is 5.25. The monoisotopic (exact) mass is 263 g/mol. The van der Waals surface area contributed by atoms with Crippen LogP contribution >= 0.6 is 0 Å². The van der Waals surface area contributed by atoms with E-state index in [1.54, 1.807) is 0 Å². The SMILES string of the molecule is CCCNC(CCc1cccc(C)c1)COCCC. The molecule has 1 aromatic carbocycles. The van der Waals surface area contributed by atoms with Crippen LogP contribution in [-0.2, 0) is 11.2 Å². The molecule has 0 amide bonds. The molecule has 0 heterocycles. The molecule has 0 spiro atoms. The van der Waals surface area contributed by atoms with E-state index in [9.17, 15) is 0 Å². The lowest BCUT2D eigenvalue weighted by atomic mass is 10.0. The van der Waals surface area contributed by atoms with Gasteiger partial charge in [0.05, 0.1) is 6.61 Å². The Morgan fingerprint density at radius 1 is 1.21 bits per heavy atom. The highest BCUT2D eigenvalue weighted by molar-refractivity contribution is 5.22. The number of ether oxygens (including phenoxy) is 1. The Balaban J connectivity index is 2.37. The molecule has 0 aliphatic carbocycles. The van der Waals surface area contributed by atoms with E-state index in [0.29, 0.717) is 6.04 Å². The van der Waals surface area contributed by atoms with Crippen LogP contribution in [0.2, 0.25) is 0 Å². The highest BCUT2D eigenvalue weighted by Gasteiger charge is 2.08. The van der Waals surface area contributed by atoms with E-state index >= 15 is 0 Å². The molecule has 108 valence electrons. The average molecular weight is 263 g/mol. The summed E-state index contributed by atoms with van der Waals surface area (Å²) in [6.07, 6.45) is 4.54. The first-order chi connectivity index (χ1) is 9.26. The lowest BCUT2D eigenvalue weighted by molar-refractivity contribution is 0.109. The van der Waals surface area contributed by atoms with Crippen molar-refractivity contribution in [1.82, 2.24) is 5.32 Å². The molecular weight excluding hydrogens is 234 g/mol. The molecule has 0 saturated heterocycles. The molecule has 0 radical (unpaired) electrons. The second-order valence-corrected chi connectivity index (χ2v) is 5.25. The van der Waals surface area contributed by atoms with Gasteiger partial charge in [-0.25, -0.2) is 0 Å². The van der Waals surface area contributed by atoms with Crippen molar-refractivity contribution >= 4 is 0 Å². The predicted molar refractivity (Wildman–Crippen MR) is 82.7 cm³/mol. The quantitative estimate of drug-likeness (QED) is 0.650. The highest BCUT2D eigenvalue weighted by atomic mass is 16.5. The zero-order chi connectivity index (χ0) is 13.9. The van der Waals surface area contributed by atoms with Crippen molar-refractivity contribution in [3.05, 3.63) is 35.4 Å². The largest absolute Gasteiger partial charge is 0.380 e. The fraction of sp³-hybridized carbons (Fsp3) is 0.647. The minimum atomic E-state index is 0.479. The number of benzene rings is 1. The van der Waals surface area contributed by atoms with Gasteiger partial charge in [-0.15, -0.1) is 0 Å². The van der Waals surface area contributed by atoms with Crippen LogP contribution in [0, 0.1) is 6.92 Å². The van der Waals surface area contributed by atoms with Gasteiger partial charge in [-0.3, -0.25) is 0 Å². The second kappa shape index (κ2) is 9.99. The maximum atomic E-state index is 5.69. The van der Waals surface area contributed by atoms with Crippen LogP contribution in [0.15, 0.2) is 24.3 Å². The molecule has 0 aliphatic rings. The first-order valence-corrected chi connectivity index (χ1v) is 7.63. The zero-order valence-electron chi connectivity index (χ0n) is 12.7. The molecule has 1 rings (SSSR count). The van der Waals surface area contributed by atoms with Crippen LogP contribution in [0.25, 0.3) is 0 Å². The van der Waals surface area contributed by atoms with Crippen molar-refractivity contribution in [2.45, 2.75) is 52.5 Å². The van der Waals surface area contributed by atoms with Crippen molar-refractivity contribution in [1.29, 1.82) is 0 Å². The van der Waals surface area contributed by atoms with E-state index in [1.807, 2.05) is 0 Å². The Hall–Kier alpha value is -0.860. The number of nitrogens with one attached hydrogen (secondary N) is 1. The van der Waals surface area contributed by atoms with Gasteiger partial charge in [-0.05, 0) is 44.7 Å². The molecule has 1 aromatic rings. The van der Waals surface area contributed by atoms with Crippen LogP contribution in [0.3, 0.4) is 0 Å². The van der Waals surface area contributed by atoms with E-state index in [2.05, 4.69) is 50.4 Å². The van der Waals surface area contributed by atoms with Gasteiger partial charge in [-0.1, -0.05) is 43.7 Å². The topological polar surface area (TPSA) is 21.3 Å². The molecule has 0 bridgehead atoms. The normalized spacial score (nSPS) is 12.6. The third-order valence-corrected chi connectivity index (χ3v) is 3.21. The van der Waals surface area contributed by atoms with Crippen molar-refractivity contribution in [3.8, 4) is 0 Å². The van der Waals surface area contributed by atoms with Gasteiger partial charge in [0.2, 0.25) is 0 Å². The Bertz CT molecular complexity index is 338. The molecule has 19 heavy (non-hydrogen) atoms. The Morgan fingerprint density at radius 3 is 2.74 bits per heavy atom. The molecule has 1 atom stereocenters. The summed E-state index contributed by atoms with van der Waals surface area (Å²) in [5, 5.41) is 3.59. The number of hydrogen-bond acceptors (Lipinski definition) is 2. The Labute approximate surface area is 118 Å². The molecule has 0 aliphatic heterocycles. The van der Waals surface area contributed by atoms with Crippen LogP contribution in [0.4, 0.5) is 0 Å². The van der Waals surface area contributed by atoms with Crippen molar-refractivity contribution in [2.24, 2.45) is 0 Å². The third-order valence-electron chi connectivity index (χ3n) is 3.21. The summed E-state index contributed by atoms with van der Waals surface area (Å²) in [5.74, 6) is 0. The lowest BCUT2D eigenvalue weighted by Crippen LogP contribution is -2.34. The molecule has 0 aromatic heterocycles. The van der Waals surface area contributed by atoms with Gasteiger partial charge < -0.3 is 10.1 Å². The van der Waals surface area contributed by atoms with Crippen LogP contribution in [0.1, 0.15) is 44.2 Å². The van der Waals surface area contributed by atoms with Crippen molar-refractivity contribution < 1.29 is 4.74 Å². The fourth-order valence-electron chi connectivity index (χ4n) is 2.17. The van der Waals surface area contributed by atoms with Gasteiger partial charge in [0, 0.05) is 12.6 Å². The maximum Gasteiger partial charge on any atom is 0.0619 e. The highest BCUT2D eigenvalue weighted by Crippen LogP contribution is 2.08. The van der Waals surface area contributed by atoms with E-state index in [-0.39, 0.29) is 0 Å². The predicted octanol–water partition coefficient (Wildman–Crippen LogP) is 3.72. The minimum absolute atomic E-state index is 0.479. The van der Waals surface area contributed by atoms with Gasteiger partial charge in [0.15, 0.2) is 0 Å². The van der Waals surface area contributed by atoms with Crippen LogP contribution in [-0.4, -0.2) is 25.8 Å².